The lowest BCUT2D eigenvalue weighted by Crippen LogP contribution is -2.44. The fraction of sp³-hybridized carbons (Fsp3) is 1.00. The average molecular weight is 197 g/mol. The number of rotatable bonds is 4. The van der Waals surface area contributed by atoms with E-state index in [0.29, 0.717) is 17.0 Å². The molecule has 0 saturated heterocycles. The van der Waals surface area contributed by atoms with Gasteiger partial charge in [0.2, 0.25) is 0 Å². The minimum absolute atomic E-state index is 0.384. The van der Waals surface area contributed by atoms with E-state index in [4.69, 9.17) is 0 Å². The maximum absolute atomic E-state index is 3.80. The third kappa shape index (κ3) is 2.13. The molecule has 14 heavy (non-hydrogen) atoms. The maximum atomic E-state index is 3.80. The SMILES string of the molecule is CC(C)C(C)C(C)NC1(C)CC1(C)C. The topological polar surface area (TPSA) is 12.0 Å². The predicted molar refractivity (Wildman–Crippen MR) is 63.4 cm³/mol. The van der Waals surface area contributed by atoms with E-state index < -0.39 is 0 Å². The molecule has 1 heteroatoms. The third-order valence-electron chi connectivity index (χ3n) is 4.55. The highest BCUT2D eigenvalue weighted by Crippen LogP contribution is 2.55. The summed E-state index contributed by atoms with van der Waals surface area (Å²) in [5, 5.41) is 3.80. The van der Waals surface area contributed by atoms with Gasteiger partial charge in [-0.05, 0) is 37.5 Å². The molecular formula is C13H27N. The molecule has 1 aliphatic carbocycles. The quantitative estimate of drug-likeness (QED) is 0.728. The van der Waals surface area contributed by atoms with Gasteiger partial charge >= 0.3 is 0 Å². The van der Waals surface area contributed by atoms with Crippen molar-refractivity contribution in [3.8, 4) is 0 Å². The highest BCUT2D eigenvalue weighted by Gasteiger charge is 2.57. The summed E-state index contributed by atoms with van der Waals surface area (Å²) in [5.74, 6) is 1.52. The first-order valence-electron chi connectivity index (χ1n) is 5.97. The summed E-state index contributed by atoms with van der Waals surface area (Å²) in [6, 6.07) is 0.627. The summed E-state index contributed by atoms with van der Waals surface area (Å²) in [4.78, 5) is 0. The minimum atomic E-state index is 0.384. The molecule has 0 aliphatic heterocycles. The molecule has 1 nitrogen and oxygen atoms in total. The molecule has 3 unspecified atom stereocenters. The summed E-state index contributed by atoms with van der Waals surface area (Å²) in [6.07, 6.45) is 1.31. The highest BCUT2D eigenvalue weighted by molar-refractivity contribution is 5.14. The van der Waals surface area contributed by atoms with Gasteiger partial charge in [0, 0.05) is 11.6 Å². The Bertz CT molecular complexity index is 207. The van der Waals surface area contributed by atoms with E-state index in [9.17, 15) is 0 Å². The Kier molecular flexibility index (Phi) is 3.02. The zero-order valence-electron chi connectivity index (χ0n) is 10.9. The van der Waals surface area contributed by atoms with Crippen molar-refractivity contribution in [2.24, 2.45) is 17.3 Å². The molecule has 0 aromatic rings. The van der Waals surface area contributed by atoms with Crippen LogP contribution in [0.1, 0.15) is 54.9 Å². The van der Waals surface area contributed by atoms with Crippen LogP contribution in [0.5, 0.6) is 0 Å². The Morgan fingerprint density at radius 3 is 1.71 bits per heavy atom. The van der Waals surface area contributed by atoms with Crippen molar-refractivity contribution in [1.29, 1.82) is 0 Å². The Balaban J connectivity index is 2.46. The van der Waals surface area contributed by atoms with E-state index in [1.54, 1.807) is 0 Å². The molecule has 0 bridgehead atoms. The standard InChI is InChI=1S/C13H27N/c1-9(2)10(3)11(4)14-13(7)8-12(13,5)6/h9-11,14H,8H2,1-7H3. The van der Waals surface area contributed by atoms with Crippen LogP contribution < -0.4 is 5.32 Å². The Hall–Kier alpha value is -0.0400. The van der Waals surface area contributed by atoms with Gasteiger partial charge in [0.1, 0.15) is 0 Å². The summed E-state index contributed by atoms with van der Waals surface area (Å²) >= 11 is 0. The lowest BCUT2D eigenvalue weighted by atomic mass is 9.90. The predicted octanol–water partition coefficient (Wildman–Crippen LogP) is 3.45. The van der Waals surface area contributed by atoms with Gasteiger partial charge in [-0.25, -0.2) is 0 Å². The van der Waals surface area contributed by atoms with Gasteiger partial charge in [-0.15, -0.1) is 0 Å². The number of hydrogen-bond acceptors (Lipinski definition) is 1. The van der Waals surface area contributed by atoms with E-state index in [1.165, 1.54) is 6.42 Å². The van der Waals surface area contributed by atoms with Crippen molar-refractivity contribution in [2.45, 2.75) is 66.5 Å². The summed E-state index contributed by atoms with van der Waals surface area (Å²) in [5.41, 5.74) is 0.882. The molecule has 0 amide bonds. The van der Waals surface area contributed by atoms with Crippen molar-refractivity contribution < 1.29 is 0 Å². The lowest BCUT2D eigenvalue weighted by Gasteiger charge is -2.29. The molecule has 0 radical (unpaired) electrons. The van der Waals surface area contributed by atoms with Crippen molar-refractivity contribution in [3.05, 3.63) is 0 Å². The summed E-state index contributed by atoms with van der Waals surface area (Å²) < 4.78 is 0. The number of hydrogen-bond donors (Lipinski definition) is 1. The molecule has 0 heterocycles. The van der Waals surface area contributed by atoms with Gasteiger partial charge in [-0.3, -0.25) is 0 Å². The molecule has 1 saturated carbocycles. The molecule has 1 fully saturated rings. The molecule has 0 spiro atoms. The Morgan fingerprint density at radius 2 is 1.43 bits per heavy atom. The van der Waals surface area contributed by atoms with Crippen molar-refractivity contribution in [3.63, 3.8) is 0 Å². The second-order valence-electron chi connectivity index (χ2n) is 6.43. The molecule has 84 valence electrons. The monoisotopic (exact) mass is 197 g/mol. The second kappa shape index (κ2) is 3.52. The van der Waals surface area contributed by atoms with Crippen LogP contribution in [0.25, 0.3) is 0 Å². The van der Waals surface area contributed by atoms with Gasteiger partial charge < -0.3 is 5.32 Å². The first-order valence-corrected chi connectivity index (χ1v) is 5.97. The van der Waals surface area contributed by atoms with Crippen LogP contribution in [0.3, 0.4) is 0 Å². The number of nitrogens with one attached hydrogen (secondary N) is 1. The molecule has 1 rings (SSSR count). The van der Waals surface area contributed by atoms with Gasteiger partial charge in [0.05, 0.1) is 0 Å². The Labute approximate surface area is 89.7 Å². The lowest BCUT2D eigenvalue weighted by molar-refractivity contribution is 0.270. The summed E-state index contributed by atoms with van der Waals surface area (Å²) in [7, 11) is 0. The fourth-order valence-electron chi connectivity index (χ4n) is 2.30. The second-order valence-corrected chi connectivity index (χ2v) is 6.43. The molecular weight excluding hydrogens is 170 g/mol. The van der Waals surface area contributed by atoms with Crippen molar-refractivity contribution in [1.82, 2.24) is 5.32 Å². The molecule has 1 N–H and O–H groups in total. The van der Waals surface area contributed by atoms with Gasteiger partial charge in [0.15, 0.2) is 0 Å². The smallest absolute Gasteiger partial charge is 0.0213 e. The van der Waals surface area contributed by atoms with Crippen LogP contribution in [-0.2, 0) is 0 Å². The molecule has 0 aromatic carbocycles. The molecule has 0 aromatic heterocycles. The van der Waals surface area contributed by atoms with Crippen molar-refractivity contribution in [2.75, 3.05) is 0 Å². The van der Waals surface area contributed by atoms with E-state index in [2.05, 4.69) is 53.8 Å². The van der Waals surface area contributed by atoms with Crippen molar-refractivity contribution >= 4 is 0 Å². The van der Waals surface area contributed by atoms with Crippen LogP contribution in [0.4, 0.5) is 0 Å². The van der Waals surface area contributed by atoms with Crippen LogP contribution in [0.2, 0.25) is 0 Å². The van der Waals surface area contributed by atoms with Crippen LogP contribution in [-0.4, -0.2) is 11.6 Å². The first kappa shape index (κ1) is 12.0. The van der Waals surface area contributed by atoms with Gasteiger partial charge in [-0.1, -0.05) is 34.6 Å². The average Bonchev–Trinajstić information content (AvgIpc) is 2.48. The largest absolute Gasteiger partial charge is 0.308 e. The molecule has 1 aliphatic rings. The minimum Gasteiger partial charge on any atom is -0.308 e. The molecule has 3 atom stereocenters. The van der Waals surface area contributed by atoms with Crippen LogP contribution in [0, 0.1) is 17.3 Å². The van der Waals surface area contributed by atoms with E-state index in [-0.39, 0.29) is 0 Å². The first-order chi connectivity index (χ1) is 6.19. The van der Waals surface area contributed by atoms with Gasteiger partial charge in [-0.2, -0.15) is 0 Å². The normalized spacial score (nSPS) is 34.3. The van der Waals surface area contributed by atoms with E-state index in [1.807, 2.05) is 0 Å². The van der Waals surface area contributed by atoms with Gasteiger partial charge in [0.25, 0.3) is 0 Å². The Morgan fingerprint density at radius 1 is 1.00 bits per heavy atom. The summed E-state index contributed by atoms with van der Waals surface area (Å²) in [6.45, 7) is 16.4. The van der Waals surface area contributed by atoms with E-state index in [0.717, 1.165) is 11.8 Å². The maximum Gasteiger partial charge on any atom is 0.0213 e. The zero-order chi connectivity index (χ0) is 11.1. The fourth-order valence-corrected chi connectivity index (χ4v) is 2.30. The third-order valence-corrected chi connectivity index (χ3v) is 4.55. The zero-order valence-corrected chi connectivity index (χ0v) is 10.9. The van der Waals surface area contributed by atoms with Crippen LogP contribution >= 0.6 is 0 Å². The highest BCUT2D eigenvalue weighted by atomic mass is 15.1. The van der Waals surface area contributed by atoms with Crippen LogP contribution in [0.15, 0.2) is 0 Å². The van der Waals surface area contributed by atoms with E-state index >= 15 is 0 Å².